The SMILES string of the molecule is N#Cc1ccc(Cc2cnc(S)[nH]2)cc1. The number of nitrogens with zero attached hydrogens (tertiary/aromatic N) is 2. The lowest BCUT2D eigenvalue weighted by Gasteiger charge is -1.98. The molecule has 0 aliphatic carbocycles. The van der Waals surface area contributed by atoms with E-state index in [2.05, 4.69) is 28.7 Å². The third-order valence-electron chi connectivity index (χ3n) is 2.09. The molecule has 0 saturated carbocycles. The third-order valence-corrected chi connectivity index (χ3v) is 2.32. The Morgan fingerprint density at radius 2 is 2.07 bits per heavy atom. The van der Waals surface area contributed by atoms with Crippen LogP contribution in [0.25, 0.3) is 0 Å². The van der Waals surface area contributed by atoms with Crippen molar-refractivity contribution in [2.75, 3.05) is 0 Å². The van der Waals surface area contributed by atoms with Gasteiger partial charge in [0.05, 0.1) is 11.6 Å². The summed E-state index contributed by atoms with van der Waals surface area (Å²) in [5.41, 5.74) is 2.84. The average molecular weight is 215 g/mol. The summed E-state index contributed by atoms with van der Waals surface area (Å²) in [5.74, 6) is 0. The van der Waals surface area contributed by atoms with Gasteiger partial charge in [-0.05, 0) is 17.7 Å². The van der Waals surface area contributed by atoms with Crippen LogP contribution in [0.1, 0.15) is 16.8 Å². The first-order valence-electron chi connectivity index (χ1n) is 4.50. The van der Waals surface area contributed by atoms with Crippen molar-refractivity contribution in [2.45, 2.75) is 11.6 Å². The van der Waals surface area contributed by atoms with Crippen molar-refractivity contribution in [2.24, 2.45) is 0 Å². The van der Waals surface area contributed by atoms with Gasteiger partial charge >= 0.3 is 0 Å². The highest BCUT2D eigenvalue weighted by molar-refractivity contribution is 7.80. The number of hydrogen-bond acceptors (Lipinski definition) is 3. The molecule has 3 nitrogen and oxygen atoms in total. The largest absolute Gasteiger partial charge is 0.337 e. The van der Waals surface area contributed by atoms with Crippen LogP contribution < -0.4 is 0 Å². The number of thiol groups is 1. The van der Waals surface area contributed by atoms with Gasteiger partial charge in [0.25, 0.3) is 0 Å². The van der Waals surface area contributed by atoms with Crippen LogP contribution in [0.2, 0.25) is 0 Å². The van der Waals surface area contributed by atoms with Crippen LogP contribution in [0.3, 0.4) is 0 Å². The lowest BCUT2D eigenvalue weighted by Crippen LogP contribution is -1.88. The standard InChI is InChI=1S/C11H9N3S/c12-6-9-3-1-8(2-4-9)5-10-7-13-11(15)14-10/h1-4,7H,5H2,(H2,13,14,15). The Morgan fingerprint density at radius 1 is 1.33 bits per heavy atom. The maximum atomic E-state index is 8.65. The van der Waals surface area contributed by atoms with Crippen LogP contribution in [0.4, 0.5) is 0 Å². The minimum absolute atomic E-state index is 0.624. The molecule has 0 aliphatic heterocycles. The molecular weight excluding hydrogens is 206 g/mol. The van der Waals surface area contributed by atoms with Crippen molar-refractivity contribution in [1.82, 2.24) is 9.97 Å². The molecule has 1 aromatic heterocycles. The first-order valence-corrected chi connectivity index (χ1v) is 4.94. The third kappa shape index (κ3) is 2.39. The monoisotopic (exact) mass is 215 g/mol. The molecule has 0 aliphatic rings. The van der Waals surface area contributed by atoms with E-state index >= 15 is 0 Å². The second kappa shape index (κ2) is 4.20. The predicted molar refractivity (Wildman–Crippen MR) is 59.8 cm³/mol. The molecule has 0 radical (unpaired) electrons. The lowest BCUT2D eigenvalue weighted by molar-refractivity contribution is 1.02. The van der Waals surface area contributed by atoms with Crippen molar-refractivity contribution >= 4 is 12.6 Å². The van der Waals surface area contributed by atoms with Gasteiger partial charge in [0, 0.05) is 18.3 Å². The van der Waals surface area contributed by atoms with Gasteiger partial charge in [-0.3, -0.25) is 0 Å². The first-order chi connectivity index (χ1) is 7.28. The highest BCUT2D eigenvalue weighted by Crippen LogP contribution is 2.10. The molecule has 2 aromatic rings. The lowest BCUT2D eigenvalue weighted by atomic mass is 10.1. The minimum Gasteiger partial charge on any atom is -0.337 e. The fourth-order valence-electron chi connectivity index (χ4n) is 1.35. The number of nitrogens with one attached hydrogen (secondary N) is 1. The minimum atomic E-state index is 0.624. The summed E-state index contributed by atoms with van der Waals surface area (Å²) in [7, 11) is 0. The molecule has 0 atom stereocenters. The summed E-state index contributed by atoms with van der Waals surface area (Å²) in [6.45, 7) is 0. The topological polar surface area (TPSA) is 52.5 Å². The predicted octanol–water partition coefficient (Wildman–Crippen LogP) is 2.16. The van der Waals surface area contributed by atoms with Crippen LogP contribution in [-0.4, -0.2) is 9.97 Å². The summed E-state index contributed by atoms with van der Waals surface area (Å²) in [5, 5.41) is 9.27. The van der Waals surface area contributed by atoms with Crippen LogP contribution in [0, 0.1) is 11.3 Å². The summed E-state index contributed by atoms with van der Waals surface area (Å²) in [6.07, 6.45) is 2.54. The molecule has 1 aromatic carbocycles. The van der Waals surface area contributed by atoms with E-state index < -0.39 is 0 Å². The van der Waals surface area contributed by atoms with Crippen LogP contribution in [-0.2, 0) is 6.42 Å². The van der Waals surface area contributed by atoms with E-state index in [1.165, 1.54) is 0 Å². The highest BCUT2D eigenvalue weighted by atomic mass is 32.1. The van der Waals surface area contributed by atoms with E-state index in [4.69, 9.17) is 5.26 Å². The van der Waals surface area contributed by atoms with Crippen molar-refractivity contribution in [3.05, 3.63) is 47.3 Å². The Labute approximate surface area is 93.2 Å². The van der Waals surface area contributed by atoms with E-state index in [0.29, 0.717) is 10.7 Å². The normalized spacial score (nSPS) is 9.87. The van der Waals surface area contributed by atoms with Gasteiger partial charge in [-0.15, -0.1) is 12.6 Å². The quantitative estimate of drug-likeness (QED) is 0.754. The molecule has 0 bridgehead atoms. The number of nitriles is 1. The number of aromatic amines is 1. The molecule has 0 unspecified atom stereocenters. The Hall–Kier alpha value is -1.73. The number of aromatic nitrogens is 2. The van der Waals surface area contributed by atoms with Crippen molar-refractivity contribution in [3.8, 4) is 6.07 Å². The molecule has 0 fully saturated rings. The van der Waals surface area contributed by atoms with E-state index in [1.54, 1.807) is 6.20 Å². The van der Waals surface area contributed by atoms with E-state index in [1.807, 2.05) is 24.3 Å². The van der Waals surface area contributed by atoms with Crippen LogP contribution >= 0.6 is 12.6 Å². The van der Waals surface area contributed by atoms with Crippen LogP contribution in [0.5, 0.6) is 0 Å². The van der Waals surface area contributed by atoms with Crippen LogP contribution in [0.15, 0.2) is 35.6 Å². The fourth-order valence-corrected chi connectivity index (χ4v) is 1.56. The Morgan fingerprint density at radius 3 is 2.60 bits per heavy atom. The van der Waals surface area contributed by atoms with Gasteiger partial charge in [-0.1, -0.05) is 12.1 Å². The fraction of sp³-hybridized carbons (Fsp3) is 0.0909. The van der Waals surface area contributed by atoms with Gasteiger partial charge in [0.15, 0.2) is 5.16 Å². The van der Waals surface area contributed by atoms with Crippen molar-refractivity contribution in [1.29, 1.82) is 5.26 Å². The van der Waals surface area contributed by atoms with Gasteiger partial charge in [0.1, 0.15) is 0 Å². The summed E-state index contributed by atoms with van der Waals surface area (Å²) in [4.78, 5) is 7.04. The molecule has 0 saturated heterocycles. The molecule has 15 heavy (non-hydrogen) atoms. The average Bonchev–Trinajstić information content (AvgIpc) is 2.65. The van der Waals surface area contributed by atoms with Gasteiger partial charge in [-0.2, -0.15) is 5.26 Å². The van der Waals surface area contributed by atoms with Gasteiger partial charge in [0.2, 0.25) is 0 Å². The molecule has 2 rings (SSSR count). The second-order valence-electron chi connectivity index (χ2n) is 3.22. The summed E-state index contributed by atoms with van der Waals surface area (Å²) in [6, 6.07) is 9.60. The maximum Gasteiger partial charge on any atom is 0.162 e. The molecule has 1 heterocycles. The first kappa shape index (κ1) is 9.81. The Kier molecular flexibility index (Phi) is 2.75. The van der Waals surface area contributed by atoms with Crippen molar-refractivity contribution in [3.63, 3.8) is 0 Å². The molecule has 0 amide bonds. The number of hydrogen-bond donors (Lipinski definition) is 2. The van der Waals surface area contributed by atoms with E-state index in [9.17, 15) is 0 Å². The zero-order chi connectivity index (χ0) is 10.7. The highest BCUT2D eigenvalue weighted by Gasteiger charge is 1.99. The maximum absolute atomic E-state index is 8.65. The molecule has 74 valence electrons. The van der Waals surface area contributed by atoms with E-state index in [-0.39, 0.29) is 0 Å². The second-order valence-corrected chi connectivity index (χ2v) is 3.64. The summed E-state index contributed by atoms with van der Waals surface area (Å²) < 4.78 is 0. The zero-order valence-electron chi connectivity index (χ0n) is 7.94. The number of imidazole rings is 1. The summed E-state index contributed by atoms with van der Waals surface area (Å²) >= 11 is 4.09. The number of rotatable bonds is 2. The Bertz CT molecular complexity index is 493. The molecule has 4 heteroatoms. The van der Waals surface area contributed by atoms with E-state index in [0.717, 1.165) is 17.7 Å². The van der Waals surface area contributed by atoms with Crippen molar-refractivity contribution < 1.29 is 0 Å². The van der Waals surface area contributed by atoms with Gasteiger partial charge in [-0.25, -0.2) is 4.98 Å². The number of H-pyrrole nitrogens is 1. The smallest absolute Gasteiger partial charge is 0.162 e. The molecule has 1 N–H and O–H groups in total. The molecule has 0 spiro atoms. The van der Waals surface area contributed by atoms with Gasteiger partial charge < -0.3 is 4.98 Å². The molecular formula is C11H9N3S. The number of benzene rings is 1. The zero-order valence-corrected chi connectivity index (χ0v) is 8.83. The Balaban J connectivity index is 2.15.